The lowest BCUT2D eigenvalue weighted by atomic mass is 9.58. The number of aromatic nitrogens is 4. The van der Waals surface area contributed by atoms with Gasteiger partial charge in [-0.15, -0.1) is 0 Å². The van der Waals surface area contributed by atoms with Crippen LogP contribution in [0.15, 0.2) is 146 Å². The summed E-state index contributed by atoms with van der Waals surface area (Å²) >= 11 is 0. The van der Waals surface area contributed by atoms with Gasteiger partial charge in [0.25, 0.3) is 0 Å². The Morgan fingerprint density at radius 3 is 1.59 bits per heavy atom. The van der Waals surface area contributed by atoms with Crippen LogP contribution in [0.4, 0.5) is 0 Å². The van der Waals surface area contributed by atoms with Crippen LogP contribution in [0.5, 0.6) is 0 Å². The number of nitrogens with one attached hydrogen (secondary N) is 2. The smallest absolute Gasteiger partial charge is 0.309 e. The van der Waals surface area contributed by atoms with E-state index >= 15 is 0 Å². The van der Waals surface area contributed by atoms with E-state index in [9.17, 15) is 9.90 Å². The SMILES string of the molecule is C[C@@H]1CC[C@H]2[C@@H](C)C(=O)OC[C@@]2(O)[C@H]1CC[C@H]1Cc2nc1c(-c1ccccc1)c1ccc([nH]1)c(-c1ccccc1)c1nc(c(-c3ccccc3)c3ccc([nH]3)c2-c2ccccc2)C=C1. The van der Waals surface area contributed by atoms with Crippen LogP contribution in [-0.4, -0.2) is 43.2 Å². The normalized spacial score (nSPS) is 22.8. The maximum absolute atomic E-state index is 12.8. The van der Waals surface area contributed by atoms with E-state index in [1.54, 1.807) is 0 Å². The van der Waals surface area contributed by atoms with Gasteiger partial charge in [-0.05, 0) is 103 Å². The number of fused-ring (bicyclic) bond motifs is 9. The van der Waals surface area contributed by atoms with E-state index in [1.807, 2.05) is 6.92 Å². The Bertz CT molecular complexity index is 3070. The fourth-order valence-corrected chi connectivity index (χ4v) is 11.5. The second-order valence-electron chi connectivity index (χ2n) is 18.3. The highest BCUT2D eigenvalue weighted by Gasteiger charge is 2.55. The largest absolute Gasteiger partial charge is 0.462 e. The number of carbonyl (C=O) groups excluding carboxylic acids is 1. The maximum Gasteiger partial charge on any atom is 0.309 e. The highest BCUT2D eigenvalue weighted by molar-refractivity contribution is 5.97. The number of cyclic esters (lactones) is 1. The van der Waals surface area contributed by atoms with Crippen molar-refractivity contribution in [2.75, 3.05) is 6.61 Å². The van der Waals surface area contributed by atoms with Crippen molar-refractivity contribution in [3.05, 3.63) is 168 Å². The standard InChI is InChI=1S/C57H52N4O3/c1-35-23-25-43-36(2)56(62)64-34-57(43,63)42(35)26-24-41-33-50-53(39-19-11-5-12-20-39)48-30-29-46(59-48)51(37-15-7-3-8-16-37)44-27-28-45(58-44)52(38-17-9-4-10-18-38)47-31-32-49(60-47)54(55(41)61-50)40-21-13-6-14-22-40/h3-22,27-32,35-36,41-43,59-60,63H,23-26,33-34H2,1-2H3/t35-,36-,41+,42+,43+,57-/m1/s1. The van der Waals surface area contributed by atoms with Crippen LogP contribution in [0.2, 0.25) is 0 Å². The minimum atomic E-state index is -1.06. The lowest BCUT2D eigenvalue weighted by Crippen LogP contribution is -2.60. The predicted octanol–water partition coefficient (Wildman–Crippen LogP) is 12.8. The second kappa shape index (κ2) is 16.4. The molecule has 64 heavy (non-hydrogen) atoms. The molecule has 318 valence electrons. The number of hydrogen-bond donors (Lipinski definition) is 3. The number of carbonyl (C=O) groups is 1. The zero-order chi connectivity index (χ0) is 43.4. The summed E-state index contributed by atoms with van der Waals surface area (Å²) in [5.74, 6) is -0.336. The topological polar surface area (TPSA) is 104 Å². The first kappa shape index (κ1) is 40.0. The van der Waals surface area contributed by atoms with Crippen molar-refractivity contribution in [2.24, 2.45) is 23.7 Å². The number of H-pyrrole nitrogens is 2. The first-order chi connectivity index (χ1) is 31.3. The summed E-state index contributed by atoms with van der Waals surface area (Å²) in [6.45, 7) is 4.26. The molecule has 3 aliphatic heterocycles. The molecule has 0 unspecified atom stereocenters. The van der Waals surface area contributed by atoms with Crippen LogP contribution in [0, 0.1) is 23.7 Å². The van der Waals surface area contributed by atoms with Crippen LogP contribution in [-0.2, 0) is 16.0 Å². The number of rotatable bonds is 7. The fraction of sp³-hybridized carbons (Fsp3) is 0.246. The lowest BCUT2D eigenvalue weighted by molar-refractivity contribution is -0.212. The second-order valence-corrected chi connectivity index (χ2v) is 18.3. The first-order valence-electron chi connectivity index (χ1n) is 22.9. The van der Waals surface area contributed by atoms with Gasteiger partial charge in [0.2, 0.25) is 0 Å². The molecule has 1 saturated heterocycles. The molecule has 4 aromatic carbocycles. The Hall–Kier alpha value is -6.83. The van der Waals surface area contributed by atoms with Crippen molar-refractivity contribution >= 4 is 40.2 Å². The molecule has 7 heteroatoms. The summed E-state index contributed by atoms with van der Waals surface area (Å²) in [6.07, 6.45) is 8.41. The van der Waals surface area contributed by atoms with Gasteiger partial charge in [0.05, 0.1) is 28.7 Å². The third-order valence-electron chi connectivity index (χ3n) is 14.6. The van der Waals surface area contributed by atoms with E-state index in [2.05, 4.69) is 175 Å². The van der Waals surface area contributed by atoms with Gasteiger partial charge in [0.15, 0.2) is 0 Å². The zero-order valence-electron chi connectivity index (χ0n) is 36.3. The predicted molar refractivity (Wildman–Crippen MR) is 258 cm³/mol. The Kier molecular flexibility index (Phi) is 10.2. The van der Waals surface area contributed by atoms with Gasteiger partial charge in [0, 0.05) is 56.2 Å². The molecule has 6 atom stereocenters. The van der Waals surface area contributed by atoms with Crippen molar-refractivity contribution in [1.29, 1.82) is 0 Å². The molecule has 1 aliphatic carbocycles. The lowest BCUT2D eigenvalue weighted by Gasteiger charge is -2.52. The number of ether oxygens (including phenoxy) is 1. The van der Waals surface area contributed by atoms with Gasteiger partial charge in [-0.3, -0.25) is 9.78 Å². The number of aliphatic hydroxyl groups is 1. The summed E-state index contributed by atoms with van der Waals surface area (Å²) in [7, 11) is 0. The Morgan fingerprint density at radius 2 is 1.06 bits per heavy atom. The van der Waals surface area contributed by atoms with Crippen LogP contribution in [0.25, 0.3) is 78.7 Å². The molecule has 1 saturated carbocycles. The van der Waals surface area contributed by atoms with Gasteiger partial charge in [0.1, 0.15) is 12.2 Å². The summed E-state index contributed by atoms with van der Waals surface area (Å²) in [4.78, 5) is 31.9. The van der Waals surface area contributed by atoms with Crippen molar-refractivity contribution in [3.63, 3.8) is 0 Å². The zero-order valence-corrected chi connectivity index (χ0v) is 36.3. The molecule has 3 N–H and O–H groups in total. The minimum Gasteiger partial charge on any atom is -0.462 e. The maximum atomic E-state index is 12.8. The van der Waals surface area contributed by atoms with Gasteiger partial charge in [-0.1, -0.05) is 135 Å². The summed E-state index contributed by atoms with van der Waals surface area (Å²) in [5.41, 5.74) is 15.2. The molecule has 7 aromatic rings. The van der Waals surface area contributed by atoms with Crippen LogP contribution < -0.4 is 0 Å². The molecule has 0 radical (unpaired) electrons. The van der Waals surface area contributed by atoms with Gasteiger partial charge < -0.3 is 19.8 Å². The molecular formula is C57H52N4O3. The van der Waals surface area contributed by atoms with E-state index in [4.69, 9.17) is 14.7 Å². The monoisotopic (exact) mass is 840 g/mol. The van der Waals surface area contributed by atoms with Crippen molar-refractivity contribution in [3.8, 4) is 44.5 Å². The molecule has 2 fully saturated rings. The average molecular weight is 841 g/mol. The van der Waals surface area contributed by atoms with Gasteiger partial charge in [-0.25, -0.2) is 4.98 Å². The molecule has 0 amide bonds. The van der Waals surface area contributed by atoms with Crippen LogP contribution >= 0.6 is 0 Å². The van der Waals surface area contributed by atoms with E-state index in [1.165, 1.54) is 0 Å². The van der Waals surface area contributed by atoms with Gasteiger partial charge in [-0.2, -0.15) is 0 Å². The van der Waals surface area contributed by atoms with Crippen molar-refractivity contribution in [1.82, 2.24) is 19.9 Å². The fourth-order valence-electron chi connectivity index (χ4n) is 11.5. The molecule has 7 nitrogen and oxygen atoms in total. The summed E-state index contributed by atoms with van der Waals surface area (Å²) < 4.78 is 5.72. The molecule has 0 spiro atoms. The third kappa shape index (κ3) is 6.99. The number of esters is 1. The molecule has 6 heterocycles. The molecule has 4 aliphatic rings. The third-order valence-corrected chi connectivity index (χ3v) is 14.6. The van der Waals surface area contributed by atoms with Crippen LogP contribution in [0.1, 0.15) is 68.2 Å². The Balaban J connectivity index is 1.20. The van der Waals surface area contributed by atoms with Crippen molar-refractivity contribution in [2.45, 2.75) is 57.5 Å². The molecule has 8 bridgehead atoms. The number of aromatic amines is 2. The number of hydrogen-bond acceptors (Lipinski definition) is 5. The van der Waals surface area contributed by atoms with E-state index < -0.39 is 5.60 Å². The van der Waals surface area contributed by atoms with E-state index in [-0.39, 0.29) is 42.2 Å². The van der Waals surface area contributed by atoms with Crippen LogP contribution in [0.3, 0.4) is 0 Å². The Morgan fingerprint density at radius 1 is 0.594 bits per heavy atom. The van der Waals surface area contributed by atoms with E-state index in [0.717, 1.165) is 121 Å². The first-order valence-corrected chi connectivity index (χ1v) is 22.9. The summed E-state index contributed by atoms with van der Waals surface area (Å²) in [6, 6.07) is 51.1. The average Bonchev–Trinajstić information content (AvgIpc) is 4.17. The molecular weight excluding hydrogens is 789 g/mol. The van der Waals surface area contributed by atoms with E-state index in [0.29, 0.717) is 0 Å². The highest BCUT2D eigenvalue weighted by atomic mass is 16.5. The Labute approximate surface area is 374 Å². The molecule has 11 rings (SSSR count). The molecule has 3 aromatic heterocycles. The number of benzene rings is 4. The number of nitrogens with zero attached hydrogens (tertiary/aromatic N) is 2. The van der Waals surface area contributed by atoms with Gasteiger partial charge >= 0.3 is 5.97 Å². The minimum absolute atomic E-state index is 0.0220. The quantitative estimate of drug-likeness (QED) is 0.139. The highest BCUT2D eigenvalue weighted by Crippen LogP contribution is 2.51. The summed E-state index contributed by atoms with van der Waals surface area (Å²) in [5, 5.41) is 12.6. The van der Waals surface area contributed by atoms with Crippen molar-refractivity contribution < 1.29 is 14.6 Å².